The van der Waals surface area contributed by atoms with Crippen LogP contribution in [-0.4, -0.2) is 89.2 Å². The van der Waals surface area contributed by atoms with Crippen LogP contribution in [0.1, 0.15) is 61.4 Å². The number of alkyl halides is 4. The van der Waals surface area contributed by atoms with Crippen molar-refractivity contribution >= 4 is 22.6 Å². The van der Waals surface area contributed by atoms with E-state index in [0.29, 0.717) is 34.6 Å². The highest BCUT2D eigenvalue weighted by molar-refractivity contribution is 6.06. The molecular formula is C30H39F4N7O. The van der Waals surface area contributed by atoms with Gasteiger partial charge in [0, 0.05) is 74.2 Å². The van der Waals surface area contributed by atoms with Crippen molar-refractivity contribution in [1.29, 1.82) is 0 Å². The Kier molecular flexibility index (Phi) is 10.7. The van der Waals surface area contributed by atoms with Crippen LogP contribution in [0.25, 0.3) is 10.9 Å². The van der Waals surface area contributed by atoms with Crippen molar-refractivity contribution in [3.63, 3.8) is 0 Å². The summed E-state index contributed by atoms with van der Waals surface area (Å²) in [5.41, 5.74) is 1.50. The molecule has 8 nitrogen and oxygen atoms in total. The van der Waals surface area contributed by atoms with Gasteiger partial charge in [-0.05, 0) is 51.1 Å². The van der Waals surface area contributed by atoms with Crippen molar-refractivity contribution < 1.29 is 22.4 Å². The van der Waals surface area contributed by atoms with Gasteiger partial charge in [-0.1, -0.05) is 19.4 Å². The van der Waals surface area contributed by atoms with Gasteiger partial charge in [0.1, 0.15) is 12.5 Å². The van der Waals surface area contributed by atoms with E-state index in [0.717, 1.165) is 57.2 Å². The van der Waals surface area contributed by atoms with Crippen LogP contribution in [0, 0.1) is 0 Å². The van der Waals surface area contributed by atoms with E-state index in [2.05, 4.69) is 38.9 Å². The monoisotopic (exact) mass is 589 g/mol. The number of halogens is 4. The molecule has 0 aliphatic carbocycles. The largest absolute Gasteiger partial charge is 0.451 e. The summed E-state index contributed by atoms with van der Waals surface area (Å²) in [6.45, 7) is 10.0. The van der Waals surface area contributed by atoms with Gasteiger partial charge in [0.15, 0.2) is 0 Å². The summed E-state index contributed by atoms with van der Waals surface area (Å²) in [6.07, 6.45) is -0.852. The molecule has 1 atom stereocenters. The molecule has 2 aromatic heterocycles. The number of hydrogen-bond donors (Lipinski definition) is 1. The first-order valence-electron chi connectivity index (χ1n) is 14.5. The number of rotatable bonds is 12. The maximum absolute atomic E-state index is 13.5. The summed E-state index contributed by atoms with van der Waals surface area (Å²) in [4.78, 5) is 31.8. The smallest absolute Gasteiger partial charge is 0.354 e. The molecule has 1 aliphatic rings. The Morgan fingerprint density at radius 3 is 2.38 bits per heavy atom. The van der Waals surface area contributed by atoms with E-state index in [1.807, 2.05) is 30.0 Å². The Balaban J connectivity index is 1.53. The third kappa shape index (κ3) is 7.71. The molecule has 228 valence electrons. The van der Waals surface area contributed by atoms with Crippen LogP contribution in [0.5, 0.6) is 0 Å². The van der Waals surface area contributed by atoms with Crippen molar-refractivity contribution in [3.8, 4) is 0 Å². The molecular weight excluding hydrogens is 550 g/mol. The Morgan fingerprint density at radius 1 is 1.05 bits per heavy atom. The SMILES string of the molecule is CCCCN(CCF)C(CNC(=O)c1cccc2nc(N3CCN(C(C)C)CC3)ccc12)c1cnc(C(F)(F)F)nc1. The van der Waals surface area contributed by atoms with Gasteiger partial charge in [-0.3, -0.25) is 14.6 Å². The van der Waals surface area contributed by atoms with Gasteiger partial charge in [0.05, 0.1) is 11.6 Å². The van der Waals surface area contributed by atoms with Gasteiger partial charge in [0.25, 0.3) is 5.91 Å². The lowest BCUT2D eigenvalue weighted by atomic mass is 10.1. The molecule has 0 saturated carbocycles. The zero-order valence-electron chi connectivity index (χ0n) is 24.4. The lowest BCUT2D eigenvalue weighted by Gasteiger charge is -2.37. The number of piperazine rings is 1. The molecule has 42 heavy (non-hydrogen) atoms. The van der Waals surface area contributed by atoms with E-state index >= 15 is 0 Å². The topological polar surface area (TPSA) is 77.5 Å². The van der Waals surface area contributed by atoms with Crippen molar-refractivity contribution in [2.24, 2.45) is 0 Å². The van der Waals surface area contributed by atoms with Crippen LogP contribution >= 0.6 is 0 Å². The molecule has 1 aromatic carbocycles. The number of benzene rings is 1. The van der Waals surface area contributed by atoms with Gasteiger partial charge in [-0.2, -0.15) is 13.2 Å². The Labute approximate surface area is 244 Å². The number of aromatic nitrogens is 3. The van der Waals surface area contributed by atoms with Crippen LogP contribution in [0.4, 0.5) is 23.4 Å². The molecule has 0 radical (unpaired) electrons. The van der Waals surface area contributed by atoms with Crippen LogP contribution < -0.4 is 10.2 Å². The Hall–Kier alpha value is -3.38. The minimum Gasteiger partial charge on any atom is -0.354 e. The highest BCUT2D eigenvalue weighted by atomic mass is 19.4. The molecule has 4 rings (SSSR count). The number of hydrogen-bond acceptors (Lipinski definition) is 7. The number of carbonyl (C=O) groups is 1. The highest BCUT2D eigenvalue weighted by Crippen LogP contribution is 2.28. The molecule has 1 fully saturated rings. The summed E-state index contributed by atoms with van der Waals surface area (Å²) >= 11 is 0. The summed E-state index contributed by atoms with van der Waals surface area (Å²) in [5, 5.41) is 3.61. The Bertz CT molecular complexity index is 1310. The third-order valence-electron chi connectivity index (χ3n) is 7.71. The number of anilines is 1. The Morgan fingerprint density at radius 2 is 1.76 bits per heavy atom. The van der Waals surface area contributed by atoms with E-state index in [4.69, 9.17) is 4.98 Å². The first-order valence-corrected chi connectivity index (χ1v) is 14.5. The minimum atomic E-state index is -4.67. The molecule has 0 spiro atoms. The zero-order valence-corrected chi connectivity index (χ0v) is 24.4. The van der Waals surface area contributed by atoms with E-state index < -0.39 is 24.7 Å². The van der Waals surface area contributed by atoms with Crippen LogP contribution in [0.2, 0.25) is 0 Å². The van der Waals surface area contributed by atoms with Crippen LogP contribution in [0.3, 0.4) is 0 Å². The number of amides is 1. The fourth-order valence-electron chi connectivity index (χ4n) is 5.28. The van der Waals surface area contributed by atoms with E-state index in [9.17, 15) is 22.4 Å². The van der Waals surface area contributed by atoms with Crippen molar-refractivity contribution in [1.82, 2.24) is 30.1 Å². The van der Waals surface area contributed by atoms with Gasteiger partial charge >= 0.3 is 6.18 Å². The van der Waals surface area contributed by atoms with E-state index in [-0.39, 0.29) is 19.0 Å². The molecule has 1 amide bonds. The van der Waals surface area contributed by atoms with E-state index in [1.165, 1.54) is 0 Å². The minimum absolute atomic E-state index is 0.0410. The van der Waals surface area contributed by atoms with Gasteiger partial charge in [-0.25, -0.2) is 19.3 Å². The second kappa shape index (κ2) is 14.2. The fourth-order valence-corrected chi connectivity index (χ4v) is 5.28. The number of nitrogens with zero attached hydrogens (tertiary/aromatic N) is 6. The van der Waals surface area contributed by atoms with Crippen molar-refractivity contribution in [3.05, 3.63) is 59.7 Å². The summed E-state index contributed by atoms with van der Waals surface area (Å²) in [5.74, 6) is -0.734. The maximum Gasteiger partial charge on any atom is 0.451 e. The predicted octanol–water partition coefficient (Wildman–Crippen LogP) is 5.12. The van der Waals surface area contributed by atoms with Crippen molar-refractivity contribution in [2.75, 3.05) is 57.4 Å². The van der Waals surface area contributed by atoms with E-state index in [1.54, 1.807) is 12.1 Å². The van der Waals surface area contributed by atoms with Crippen LogP contribution in [-0.2, 0) is 6.18 Å². The number of fused-ring (bicyclic) bond motifs is 1. The molecule has 1 aliphatic heterocycles. The number of pyridine rings is 1. The molecule has 12 heteroatoms. The van der Waals surface area contributed by atoms with Gasteiger partial charge in [-0.15, -0.1) is 0 Å². The number of carbonyl (C=O) groups excluding carboxylic acids is 1. The average molecular weight is 590 g/mol. The van der Waals surface area contributed by atoms with Gasteiger partial charge in [0.2, 0.25) is 5.82 Å². The molecule has 3 aromatic rings. The summed E-state index contributed by atoms with van der Waals surface area (Å²) in [6, 6.07) is 9.09. The first-order chi connectivity index (χ1) is 20.1. The molecule has 1 N–H and O–H groups in total. The summed E-state index contributed by atoms with van der Waals surface area (Å²) < 4.78 is 52.7. The van der Waals surface area contributed by atoms with Crippen LogP contribution in [0.15, 0.2) is 42.7 Å². The normalized spacial score (nSPS) is 15.5. The highest BCUT2D eigenvalue weighted by Gasteiger charge is 2.35. The molecule has 0 bridgehead atoms. The summed E-state index contributed by atoms with van der Waals surface area (Å²) in [7, 11) is 0. The average Bonchev–Trinajstić information content (AvgIpc) is 2.99. The molecule has 1 saturated heterocycles. The number of unbranched alkanes of at least 4 members (excludes halogenated alkanes) is 1. The second-order valence-corrected chi connectivity index (χ2v) is 10.8. The lowest BCUT2D eigenvalue weighted by Crippen LogP contribution is -2.49. The first kappa shape index (κ1) is 31.6. The zero-order chi connectivity index (χ0) is 30.3. The second-order valence-electron chi connectivity index (χ2n) is 10.8. The third-order valence-corrected chi connectivity index (χ3v) is 7.71. The standard InChI is InChI=1S/C30H39F4N7O/c1-4-5-12-40(13-11-31)26(22-18-36-29(37-19-22)30(32,33)34)20-35-28(42)24-7-6-8-25-23(24)9-10-27(38-25)41-16-14-39(15-17-41)21(2)3/h6-10,18-19,21,26H,4-5,11-17,20H2,1-3H3,(H,35,42). The van der Waals surface area contributed by atoms with Crippen molar-refractivity contribution in [2.45, 2.75) is 51.9 Å². The molecule has 3 heterocycles. The predicted molar refractivity (Wildman–Crippen MR) is 155 cm³/mol. The quantitative estimate of drug-likeness (QED) is 0.294. The molecule has 1 unspecified atom stereocenters. The lowest BCUT2D eigenvalue weighted by molar-refractivity contribution is -0.145. The van der Waals surface area contributed by atoms with Gasteiger partial charge < -0.3 is 10.2 Å². The maximum atomic E-state index is 13.5. The fraction of sp³-hybridized carbons (Fsp3) is 0.533. The number of nitrogens with one attached hydrogen (secondary N) is 1.